The van der Waals surface area contributed by atoms with Gasteiger partial charge >= 0.3 is 12.1 Å². The van der Waals surface area contributed by atoms with Crippen molar-refractivity contribution in [3.05, 3.63) is 70.4 Å². The van der Waals surface area contributed by atoms with Crippen molar-refractivity contribution in [2.24, 2.45) is 5.10 Å². The van der Waals surface area contributed by atoms with Gasteiger partial charge < -0.3 is 19.6 Å². The molecule has 0 fully saturated rings. The number of esters is 1. The van der Waals surface area contributed by atoms with Crippen LogP contribution >= 0.6 is 0 Å². The number of hydrogen-bond donors (Lipinski definition) is 2. The SMILES string of the molecule is COC(=O)C1=C(C)N(c2cccc(C(F)(F)F)c2)C2=NN[C@H](OCC=O)N2C1c1ccc(C#N)cc1NC(C)=O. The first-order valence-corrected chi connectivity index (χ1v) is 11.8. The quantitative estimate of drug-likeness (QED) is 0.389. The zero-order chi connectivity index (χ0) is 29.2. The number of aldehydes is 1. The molecule has 208 valence electrons. The van der Waals surface area contributed by atoms with Crippen molar-refractivity contribution < 1.29 is 37.0 Å². The van der Waals surface area contributed by atoms with Crippen LogP contribution in [0, 0.1) is 11.3 Å². The molecule has 2 atom stereocenters. The minimum Gasteiger partial charge on any atom is -0.466 e. The maximum Gasteiger partial charge on any atom is 0.416 e. The summed E-state index contributed by atoms with van der Waals surface area (Å²) in [6.07, 6.45) is -5.31. The normalized spacial score (nSPS) is 18.4. The number of nitriles is 1. The molecule has 0 bridgehead atoms. The Bertz CT molecular complexity index is 1470. The van der Waals surface area contributed by atoms with E-state index >= 15 is 0 Å². The van der Waals surface area contributed by atoms with Crippen LogP contribution in [-0.4, -0.2) is 49.1 Å². The van der Waals surface area contributed by atoms with Crippen molar-refractivity contribution in [3.8, 4) is 6.07 Å². The number of fused-ring (bicyclic) bond motifs is 1. The van der Waals surface area contributed by atoms with E-state index in [0.29, 0.717) is 11.8 Å². The van der Waals surface area contributed by atoms with E-state index in [0.717, 1.165) is 19.2 Å². The van der Waals surface area contributed by atoms with Crippen LogP contribution in [0.1, 0.15) is 36.6 Å². The summed E-state index contributed by atoms with van der Waals surface area (Å²) in [4.78, 5) is 39.3. The molecule has 0 aromatic heterocycles. The lowest BCUT2D eigenvalue weighted by Gasteiger charge is -2.44. The van der Waals surface area contributed by atoms with E-state index in [1.54, 1.807) is 0 Å². The fourth-order valence-corrected chi connectivity index (χ4v) is 4.58. The number of amides is 1. The number of benzene rings is 2. The Hall–Kier alpha value is -4.90. The minimum atomic E-state index is -4.64. The summed E-state index contributed by atoms with van der Waals surface area (Å²) in [6.45, 7) is 2.40. The molecule has 1 amide bonds. The Morgan fingerprint density at radius 1 is 1.25 bits per heavy atom. The van der Waals surface area contributed by atoms with Crippen LogP contribution in [0.15, 0.2) is 58.8 Å². The fraction of sp³-hybridized carbons (Fsp3) is 0.269. The molecule has 2 aromatic rings. The van der Waals surface area contributed by atoms with Crippen molar-refractivity contribution in [1.82, 2.24) is 10.3 Å². The van der Waals surface area contributed by atoms with Crippen LogP contribution < -0.4 is 15.6 Å². The average molecular weight is 557 g/mol. The third kappa shape index (κ3) is 5.19. The van der Waals surface area contributed by atoms with Crippen LogP contribution in [0.2, 0.25) is 0 Å². The highest BCUT2D eigenvalue weighted by atomic mass is 19.4. The monoisotopic (exact) mass is 556 g/mol. The number of hydrazone groups is 1. The standard InChI is InChI=1S/C26H23F3N6O5/c1-14-21(23(38)39-3)22(19-8-7-16(13-30)11-20(19)31-15(2)37)35-24(32-33-25(35)40-10-9-36)34(14)18-6-4-5-17(12-18)26(27,28)29/h4-9,11-12,22,25,33H,10H2,1-3H3,(H,31,37)/t22?,25-/m0/s1. The molecule has 1 unspecified atom stereocenters. The van der Waals surface area contributed by atoms with Gasteiger partial charge in [0.05, 0.1) is 35.9 Å². The minimum absolute atomic E-state index is 0.0152. The predicted octanol–water partition coefficient (Wildman–Crippen LogP) is 3.22. The van der Waals surface area contributed by atoms with E-state index < -0.39 is 36.0 Å². The smallest absolute Gasteiger partial charge is 0.416 e. The molecular formula is C26H23F3N6O5. The number of halogens is 3. The van der Waals surface area contributed by atoms with Crippen molar-refractivity contribution >= 4 is 35.5 Å². The Morgan fingerprint density at radius 3 is 2.62 bits per heavy atom. The number of hydrogen-bond acceptors (Lipinski definition) is 10. The summed E-state index contributed by atoms with van der Waals surface area (Å²) in [5.41, 5.74) is 2.73. The summed E-state index contributed by atoms with van der Waals surface area (Å²) in [7, 11) is 1.15. The molecule has 0 saturated carbocycles. The number of alkyl halides is 3. The second-order valence-corrected chi connectivity index (χ2v) is 8.67. The average Bonchev–Trinajstić information content (AvgIpc) is 3.33. The number of ether oxygens (including phenoxy) is 2. The number of rotatable bonds is 7. The van der Waals surface area contributed by atoms with Crippen LogP contribution in [0.3, 0.4) is 0 Å². The first kappa shape index (κ1) is 28.1. The first-order valence-electron chi connectivity index (χ1n) is 11.8. The largest absolute Gasteiger partial charge is 0.466 e. The molecule has 40 heavy (non-hydrogen) atoms. The van der Waals surface area contributed by atoms with Gasteiger partial charge in [-0.3, -0.25) is 20.0 Å². The van der Waals surface area contributed by atoms with E-state index in [2.05, 4.69) is 15.8 Å². The van der Waals surface area contributed by atoms with Crippen LogP contribution in [0.25, 0.3) is 0 Å². The molecule has 0 spiro atoms. The maximum absolute atomic E-state index is 13.6. The number of methoxy groups -OCH3 is 1. The number of carbonyl (C=O) groups is 3. The number of anilines is 2. The number of nitrogens with one attached hydrogen (secondary N) is 2. The van der Waals surface area contributed by atoms with Gasteiger partial charge in [-0.25, -0.2) is 4.79 Å². The van der Waals surface area contributed by atoms with Crippen molar-refractivity contribution in [1.29, 1.82) is 5.26 Å². The van der Waals surface area contributed by atoms with Crippen molar-refractivity contribution in [2.75, 3.05) is 23.9 Å². The third-order valence-corrected chi connectivity index (χ3v) is 6.18. The fourth-order valence-electron chi connectivity index (χ4n) is 4.58. The topological polar surface area (TPSA) is 136 Å². The lowest BCUT2D eigenvalue weighted by Crippen LogP contribution is -2.54. The molecule has 0 aliphatic carbocycles. The lowest BCUT2D eigenvalue weighted by atomic mass is 9.90. The van der Waals surface area contributed by atoms with Gasteiger partial charge in [0.1, 0.15) is 12.9 Å². The summed E-state index contributed by atoms with van der Waals surface area (Å²) in [5, 5.41) is 16.4. The predicted molar refractivity (Wildman–Crippen MR) is 135 cm³/mol. The number of carbonyl (C=O) groups excluding carboxylic acids is 3. The van der Waals surface area contributed by atoms with Crippen LogP contribution in [0.5, 0.6) is 0 Å². The van der Waals surface area contributed by atoms with Gasteiger partial charge in [0.25, 0.3) is 0 Å². The van der Waals surface area contributed by atoms with E-state index in [4.69, 9.17) is 9.47 Å². The number of allylic oxidation sites excluding steroid dienone is 1. The van der Waals surface area contributed by atoms with Gasteiger partial charge in [0.15, 0.2) is 0 Å². The highest BCUT2D eigenvalue weighted by Gasteiger charge is 2.48. The van der Waals surface area contributed by atoms with Crippen LogP contribution in [-0.2, 0) is 30.0 Å². The second-order valence-electron chi connectivity index (χ2n) is 8.67. The molecule has 2 N–H and O–H groups in total. The van der Waals surface area contributed by atoms with E-state index in [9.17, 15) is 32.8 Å². The molecule has 4 rings (SSSR count). The van der Waals surface area contributed by atoms with Gasteiger partial charge in [0, 0.05) is 29.6 Å². The van der Waals surface area contributed by atoms with E-state index in [1.807, 2.05) is 6.07 Å². The molecule has 11 nitrogen and oxygen atoms in total. The molecule has 2 aliphatic rings. The molecule has 2 heterocycles. The van der Waals surface area contributed by atoms with Gasteiger partial charge in [-0.2, -0.15) is 18.4 Å². The Morgan fingerprint density at radius 2 is 2.00 bits per heavy atom. The third-order valence-electron chi connectivity index (χ3n) is 6.18. The van der Waals surface area contributed by atoms with Gasteiger partial charge in [-0.15, -0.1) is 5.10 Å². The summed E-state index contributed by atoms with van der Waals surface area (Å²) in [6, 6.07) is 9.77. The van der Waals surface area contributed by atoms with Gasteiger partial charge in [0.2, 0.25) is 18.2 Å². The highest BCUT2D eigenvalue weighted by Crippen LogP contribution is 2.45. The molecular weight excluding hydrogens is 533 g/mol. The molecule has 0 saturated heterocycles. The number of guanidine groups is 1. The molecule has 2 aromatic carbocycles. The van der Waals surface area contributed by atoms with Crippen molar-refractivity contribution in [3.63, 3.8) is 0 Å². The van der Waals surface area contributed by atoms with Crippen LogP contribution in [0.4, 0.5) is 24.5 Å². The Balaban J connectivity index is 2.01. The Labute approximate surface area is 226 Å². The van der Waals surface area contributed by atoms with E-state index in [-0.39, 0.29) is 40.8 Å². The first-order chi connectivity index (χ1) is 19.0. The summed E-state index contributed by atoms with van der Waals surface area (Å²) >= 11 is 0. The highest BCUT2D eigenvalue weighted by molar-refractivity contribution is 6.06. The zero-order valence-electron chi connectivity index (χ0n) is 21.4. The molecule has 14 heteroatoms. The maximum atomic E-state index is 13.6. The second kappa shape index (κ2) is 11.1. The zero-order valence-corrected chi connectivity index (χ0v) is 21.4. The van der Waals surface area contributed by atoms with Gasteiger partial charge in [-0.1, -0.05) is 12.1 Å². The number of nitrogens with zero attached hydrogens (tertiary/aromatic N) is 4. The van der Waals surface area contributed by atoms with Gasteiger partial charge in [-0.05, 0) is 37.3 Å². The lowest BCUT2D eigenvalue weighted by molar-refractivity contribution is -0.138. The van der Waals surface area contributed by atoms with E-state index in [1.165, 1.54) is 54.0 Å². The van der Waals surface area contributed by atoms with Crippen molar-refractivity contribution in [2.45, 2.75) is 32.4 Å². The summed E-state index contributed by atoms with van der Waals surface area (Å²) < 4.78 is 51.4. The molecule has 2 aliphatic heterocycles. The molecule has 0 radical (unpaired) electrons. The summed E-state index contributed by atoms with van der Waals surface area (Å²) in [5.74, 6) is -1.23. The Kier molecular flexibility index (Phi) is 7.78.